The smallest absolute Gasteiger partial charge is 0.417 e. The Morgan fingerprint density at radius 2 is 1.89 bits per heavy atom. The number of halogens is 7. The second-order valence-electron chi connectivity index (χ2n) is 8.35. The zero-order chi connectivity index (χ0) is 27.2. The molecule has 1 saturated heterocycles. The number of pyridine rings is 1. The van der Waals surface area contributed by atoms with E-state index in [0.717, 1.165) is 19.1 Å². The summed E-state index contributed by atoms with van der Waals surface area (Å²) < 4.78 is 105. The first-order valence-electron chi connectivity index (χ1n) is 10.3. The highest BCUT2D eigenvalue weighted by molar-refractivity contribution is 5.98. The van der Waals surface area contributed by atoms with Crippen molar-refractivity contribution in [3.63, 3.8) is 0 Å². The van der Waals surface area contributed by atoms with Gasteiger partial charge in [-0.25, -0.2) is 4.39 Å². The number of nitrogens with two attached hydrogens (primary N) is 1. The maximum absolute atomic E-state index is 14.4. The van der Waals surface area contributed by atoms with E-state index in [1.807, 2.05) is 0 Å². The van der Waals surface area contributed by atoms with Gasteiger partial charge in [0.25, 0.3) is 11.8 Å². The van der Waals surface area contributed by atoms with Crippen LogP contribution < -0.4 is 15.8 Å². The minimum atomic E-state index is -5.05. The molecule has 0 unspecified atom stereocenters. The zero-order valence-electron chi connectivity index (χ0n) is 18.9. The molecule has 2 amide bonds. The topological polar surface area (TPSA) is 104 Å². The molecular formula is C22H20F7N3O4. The molecule has 14 heteroatoms. The summed E-state index contributed by atoms with van der Waals surface area (Å²) in [5, 5.41) is 2.31. The molecule has 0 radical (unpaired) electrons. The fraction of sp³-hybridized carbons (Fsp3) is 0.409. The summed E-state index contributed by atoms with van der Waals surface area (Å²) in [6.07, 6.45) is -5.90. The predicted octanol–water partition coefficient (Wildman–Crippen LogP) is 4.45. The number of nitrogens with one attached hydrogen (secondary N) is 1. The highest BCUT2D eigenvalue weighted by Crippen LogP contribution is 2.55. The van der Waals surface area contributed by atoms with E-state index in [1.54, 1.807) is 0 Å². The second kappa shape index (κ2) is 9.56. The van der Waals surface area contributed by atoms with Crippen LogP contribution in [0.3, 0.4) is 0 Å². The number of aryl methyl sites for hydroxylation is 1. The van der Waals surface area contributed by atoms with Gasteiger partial charge < -0.3 is 20.5 Å². The summed E-state index contributed by atoms with van der Waals surface area (Å²) in [6, 6.07) is 2.35. The van der Waals surface area contributed by atoms with Crippen molar-refractivity contribution in [2.24, 2.45) is 11.7 Å². The van der Waals surface area contributed by atoms with Gasteiger partial charge in [0.2, 0.25) is 5.82 Å². The average molecular weight is 523 g/mol. The lowest BCUT2D eigenvalue weighted by atomic mass is 9.77. The molecule has 1 aromatic heterocycles. The van der Waals surface area contributed by atoms with Gasteiger partial charge in [-0.05, 0) is 31.5 Å². The van der Waals surface area contributed by atoms with Crippen LogP contribution in [0.2, 0.25) is 0 Å². The minimum absolute atomic E-state index is 0.0474. The van der Waals surface area contributed by atoms with Crippen LogP contribution in [-0.4, -0.2) is 41.3 Å². The Bertz CT molecular complexity index is 1190. The van der Waals surface area contributed by atoms with Gasteiger partial charge in [-0.15, -0.1) is 0 Å². The first-order valence-corrected chi connectivity index (χ1v) is 10.3. The van der Waals surface area contributed by atoms with Gasteiger partial charge >= 0.3 is 12.8 Å². The molecule has 3 rings (SSSR count). The van der Waals surface area contributed by atoms with Gasteiger partial charge in [-0.3, -0.25) is 14.6 Å². The fourth-order valence-corrected chi connectivity index (χ4v) is 4.04. The molecule has 2 heterocycles. The average Bonchev–Trinajstić information content (AvgIpc) is 3.05. The van der Waals surface area contributed by atoms with Gasteiger partial charge in [-0.2, -0.15) is 26.3 Å². The van der Waals surface area contributed by atoms with Crippen molar-refractivity contribution in [2.45, 2.75) is 51.2 Å². The summed E-state index contributed by atoms with van der Waals surface area (Å²) >= 11 is 0. The number of anilines is 1. The van der Waals surface area contributed by atoms with Gasteiger partial charge in [0.1, 0.15) is 11.8 Å². The zero-order valence-corrected chi connectivity index (χ0v) is 18.9. The molecule has 1 aliphatic heterocycles. The molecule has 1 aliphatic rings. The molecular weight excluding hydrogens is 503 g/mol. The van der Waals surface area contributed by atoms with Gasteiger partial charge in [-0.1, -0.05) is 13.0 Å². The molecule has 3 N–H and O–H groups in total. The van der Waals surface area contributed by atoms with E-state index in [1.165, 1.54) is 13.1 Å². The van der Waals surface area contributed by atoms with Crippen LogP contribution >= 0.6 is 0 Å². The molecule has 0 saturated carbocycles. The SMILES string of the molecule is Cc1cnc(C(N)=O)cc1NC(=O)[C@@H]1O[C@@](C)(C(F)(F)F)[C@H](C)[C@H]1c1ccc(F)c(F)c1OC(F)F. The highest BCUT2D eigenvalue weighted by Gasteiger charge is 2.66. The monoisotopic (exact) mass is 523 g/mol. The molecule has 1 aromatic carbocycles. The lowest BCUT2D eigenvalue weighted by Crippen LogP contribution is -2.47. The number of ether oxygens (including phenoxy) is 2. The summed E-state index contributed by atoms with van der Waals surface area (Å²) in [5.41, 5.74) is 1.53. The third kappa shape index (κ3) is 4.81. The van der Waals surface area contributed by atoms with E-state index in [4.69, 9.17) is 10.5 Å². The molecule has 196 valence electrons. The van der Waals surface area contributed by atoms with Crippen LogP contribution in [-0.2, 0) is 9.53 Å². The van der Waals surface area contributed by atoms with E-state index < -0.39 is 71.1 Å². The van der Waals surface area contributed by atoms with E-state index in [0.29, 0.717) is 18.6 Å². The van der Waals surface area contributed by atoms with E-state index in [9.17, 15) is 40.3 Å². The summed E-state index contributed by atoms with van der Waals surface area (Å²) in [6.45, 7) is -0.506. The van der Waals surface area contributed by atoms with Crippen LogP contribution in [0.15, 0.2) is 24.4 Å². The predicted molar refractivity (Wildman–Crippen MR) is 110 cm³/mol. The molecule has 0 bridgehead atoms. The molecule has 4 atom stereocenters. The first-order chi connectivity index (χ1) is 16.6. The number of benzene rings is 1. The summed E-state index contributed by atoms with van der Waals surface area (Å²) in [4.78, 5) is 28.4. The number of primary amides is 1. The van der Waals surface area contributed by atoms with Crippen LogP contribution in [0.4, 0.5) is 36.4 Å². The second-order valence-corrected chi connectivity index (χ2v) is 8.35. The Morgan fingerprint density at radius 3 is 2.44 bits per heavy atom. The van der Waals surface area contributed by atoms with E-state index in [-0.39, 0.29) is 11.4 Å². The molecule has 36 heavy (non-hydrogen) atoms. The number of carbonyl (C=O) groups is 2. The van der Waals surface area contributed by atoms with E-state index >= 15 is 0 Å². The maximum atomic E-state index is 14.4. The lowest BCUT2D eigenvalue weighted by molar-refractivity contribution is -0.272. The van der Waals surface area contributed by atoms with E-state index in [2.05, 4.69) is 15.0 Å². The van der Waals surface area contributed by atoms with Crippen LogP contribution in [0.5, 0.6) is 5.75 Å². The Kier molecular flexibility index (Phi) is 7.22. The fourth-order valence-electron chi connectivity index (χ4n) is 4.04. The van der Waals surface area contributed by atoms with Crippen LogP contribution in [0.25, 0.3) is 0 Å². The van der Waals surface area contributed by atoms with Crippen molar-refractivity contribution in [1.82, 2.24) is 4.98 Å². The third-order valence-corrected chi connectivity index (χ3v) is 6.19. The molecule has 7 nitrogen and oxygen atoms in total. The largest absolute Gasteiger partial charge is 0.431 e. The number of amides is 2. The number of nitrogens with zero attached hydrogens (tertiary/aromatic N) is 1. The number of rotatable bonds is 6. The Balaban J connectivity index is 2.13. The Morgan fingerprint density at radius 1 is 1.25 bits per heavy atom. The normalized spacial score (nSPS) is 24.1. The number of alkyl halides is 5. The van der Waals surface area contributed by atoms with Crippen molar-refractivity contribution in [3.05, 3.63) is 52.9 Å². The van der Waals surface area contributed by atoms with Gasteiger partial charge in [0, 0.05) is 29.3 Å². The van der Waals surface area contributed by atoms with Crippen molar-refractivity contribution in [1.29, 1.82) is 0 Å². The number of hydrogen-bond acceptors (Lipinski definition) is 5. The summed E-state index contributed by atoms with van der Waals surface area (Å²) in [7, 11) is 0. The third-order valence-electron chi connectivity index (χ3n) is 6.19. The standard InChI is InChI=1S/C22H20F7N3O4/c1-8-7-31-13(18(30)33)6-12(8)32-19(34)17-14(9(2)21(3,36-17)22(27,28)29)10-4-5-11(23)15(24)16(10)35-20(25)26/h4-7,9,14,17,20H,1-3H3,(H2,30,33)(H,31,32,34)/t9-,14+,17-,21-/m1/s1. The Labute approximate surface area is 199 Å². The highest BCUT2D eigenvalue weighted by atomic mass is 19.4. The number of carbonyl (C=O) groups excluding carboxylic acids is 2. The molecule has 0 spiro atoms. The van der Waals surface area contributed by atoms with Crippen LogP contribution in [0, 0.1) is 24.5 Å². The molecule has 2 aromatic rings. The Hall–Kier alpha value is -3.42. The van der Waals surface area contributed by atoms with Crippen molar-refractivity contribution in [3.8, 4) is 5.75 Å². The quantitative estimate of drug-likeness (QED) is 0.545. The number of hydrogen-bond donors (Lipinski definition) is 2. The van der Waals surface area contributed by atoms with Crippen LogP contribution in [0.1, 0.15) is 41.4 Å². The number of aromatic nitrogens is 1. The van der Waals surface area contributed by atoms with Gasteiger partial charge in [0.15, 0.2) is 17.2 Å². The maximum Gasteiger partial charge on any atom is 0.417 e. The van der Waals surface area contributed by atoms with Crippen molar-refractivity contribution in [2.75, 3.05) is 5.32 Å². The molecule has 0 aliphatic carbocycles. The lowest BCUT2D eigenvalue weighted by Gasteiger charge is -2.32. The molecule has 1 fully saturated rings. The van der Waals surface area contributed by atoms with Gasteiger partial charge in [0.05, 0.1) is 0 Å². The summed E-state index contributed by atoms with van der Waals surface area (Å²) in [5.74, 6) is -10.3. The van der Waals surface area contributed by atoms with Crippen molar-refractivity contribution < 1.29 is 49.8 Å². The minimum Gasteiger partial charge on any atom is -0.431 e. The van der Waals surface area contributed by atoms with Crippen molar-refractivity contribution >= 4 is 17.5 Å². The first kappa shape index (κ1) is 27.2.